The number of unbranched alkanes of at least 4 members (excludes halogenated alkanes) is 4. The number of amides is 2. The van der Waals surface area contributed by atoms with E-state index < -0.39 is 11.9 Å². The standard InChI is InChI=1S/C48H62N4O6/c1-7-11-27-51(28-12-8-2)45(53)37-19-15-35(16-20-37)33-57-47(55)43-31-39(49-5)23-25-41(43)42-26-24-40(50-6)32-44(42)48(56)58-34-36-17-21-38(22-18-36)46(54)52(29-13-9-3)30-14-10-4/h15-26,31-32,49-50H,7-14,27-30,33-34H2,1-6H3. The molecule has 0 aliphatic rings. The molecule has 0 spiro atoms. The molecule has 0 bridgehead atoms. The third-order valence-corrected chi connectivity index (χ3v) is 10.2. The molecule has 0 unspecified atom stereocenters. The van der Waals surface area contributed by atoms with Gasteiger partial charge in [0, 0.05) is 62.8 Å². The third kappa shape index (κ3) is 12.7. The number of hydrogen-bond acceptors (Lipinski definition) is 8. The zero-order chi connectivity index (χ0) is 41.9. The third-order valence-electron chi connectivity index (χ3n) is 10.2. The Bertz CT molecular complexity index is 1790. The van der Waals surface area contributed by atoms with E-state index in [1.807, 2.05) is 46.2 Å². The number of esters is 2. The molecule has 0 saturated heterocycles. The zero-order valence-corrected chi connectivity index (χ0v) is 35.3. The van der Waals surface area contributed by atoms with Crippen LogP contribution in [0.15, 0.2) is 84.9 Å². The summed E-state index contributed by atoms with van der Waals surface area (Å²) in [6.07, 6.45) is 7.90. The summed E-state index contributed by atoms with van der Waals surface area (Å²) in [5.74, 6) is -1.11. The maximum atomic E-state index is 13.8. The van der Waals surface area contributed by atoms with Gasteiger partial charge in [-0.05, 0) is 96.5 Å². The molecule has 4 aromatic rings. The number of nitrogens with zero attached hydrogens (tertiary/aromatic N) is 2. The number of carbonyl (C=O) groups excluding carboxylic acids is 4. The van der Waals surface area contributed by atoms with Crippen LogP contribution in [0.25, 0.3) is 11.1 Å². The molecule has 0 saturated carbocycles. The highest BCUT2D eigenvalue weighted by atomic mass is 16.5. The smallest absolute Gasteiger partial charge is 0.339 e. The number of carbonyl (C=O) groups is 4. The summed E-state index contributed by atoms with van der Waals surface area (Å²) in [5, 5.41) is 6.17. The predicted molar refractivity (Wildman–Crippen MR) is 234 cm³/mol. The van der Waals surface area contributed by atoms with Crippen LogP contribution < -0.4 is 10.6 Å². The van der Waals surface area contributed by atoms with E-state index in [1.165, 1.54) is 0 Å². The lowest BCUT2D eigenvalue weighted by Crippen LogP contribution is -2.32. The number of benzene rings is 4. The molecular weight excluding hydrogens is 729 g/mol. The largest absolute Gasteiger partial charge is 0.457 e. The van der Waals surface area contributed by atoms with Gasteiger partial charge in [-0.25, -0.2) is 9.59 Å². The molecule has 4 rings (SSSR count). The Morgan fingerprint density at radius 1 is 0.483 bits per heavy atom. The molecule has 0 aliphatic heterocycles. The van der Waals surface area contributed by atoms with Gasteiger partial charge in [0.2, 0.25) is 0 Å². The van der Waals surface area contributed by atoms with Crippen LogP contribution in [-0.4, -0.2) is 73.8 Å². The molecule has 2 N–H and O–H groups in total. The van der Waals surface area contributed by atoms with Gasteiger partial charge in [0.15, 0.2) is 0 Å². The van der Waals surface area contributed by atoms with Gasteiger partial charge >= 0.3 is 11.9 Å². The van der Waals surface area contributed by atoms with Crippen LogP contribution in [0.1, 0.15) is 132 Å². The van der Waals surface area contributed by atoms with E-state index in [-0.39, 0.29) is 36.2 Å². The Balaban J connectivity index is 1.51. The monoisotopic (exact) mass is 790 g/mol. The molecule has 4 aromatic carbocycles. The first kappa shape index (κ1) is 45.1. The molecule has 58 heavy (non-hydrogen) atoms. The Kier molecular flexibility index (Phi) is 18.3. The minimum absolute atomic E-state index is 0.000597. The second-order valence-electron chi connectivity index (χ2n) is 14.6. The van der Waals surface area contributed by atoms with Gasteiger partial charge in [-0.15, -0.1) is 0 Å². The molecule has 10 heteroatoms. The minimum atomic E-state index is -0.563. The number of anilines is 2. The highest BCUT2D eigenvalue weighted by Crippen LogP contribution is 2.33. The summed E-state index contributed by atoms with van der Waals surface area (Å²) in [4.78, 5) is 58.0. The maximum Gasteiger partial charge on any atom is 0.339 e. The van der Waals surface area contributed by atoms with Crippen molar-refractivity contribution in [2.45, 2.75) is 92.3 Å². The molecule has 0 aliphatic carbocycles. The van der Waals surface area contributed by atoms with Crippen molar-refractivity contribution in [3.63, 3.8) is 0 Å². The first-order valence-electron chi connectivity index (χ1n) is 20.9. The van der Waals surface area contributed by atoms with Gasteiger partial charge in [0.25, 0.3) is 11.8 Å². The topological polar surface area (TPSA) is 117 Å². The van der Waals surface area contributed by atoms with Crippen molar-refractivity contribution in [1.29, 1.82) is 0 Å². The molecule has 0 atom stereocenters. The average Bonchev–Trinajstić information content (AvgIpc) is 3.27. The second kappa shape index (κ2) is 23.6. The Labute approximate surface area is 345 Å². The van der Waals surface area contributed by atoms with E-state index in [4.69, 9.17) is 9.47 Å². The van der Waals surface area contributed by atoms with Crippen molar-refractivity contribution in [3.8, 4) is 11.1 Å². The summed E-state index contributed by atoms with van der Waals surface area (Å²) in [5.41, 5.74) is 5.68. The van der Waals surface area contributed by atoms with E-state index in [9.17, 15) is 19.2 Å². The molecule has 0 radical (unpaired) electrons. The molecule has 310 valence electrons. The van der Waals surface area contributed by atoms with Crippen LogP contribution in [0, 0.1) is 0 Å². The van der Waals surface area contributed by atoms with Crippen LogP contribution in [0.3, 0.4) is 0 Å². The Morgan fingerprint density at radius 3 is 1.10 bits per heavy atom. The summed E-state index contributed by atoms with van der Waals surface area (Å²) in [7, 11) is 3.53. The van der Waals surface area contributed by atoms with Crippen LogP contribution >= 0.6 is 0 Å². The molecule has 0 fully saturated rings. The molecule has 10 nitrogen and oxygen atoms in total. The average molecular weight is 791 g/mol. The van der Waals surface area contributed by atoms with E-state index in [0.29, 0.717) is 33.6 Å². The lowest BCUT2D eigenvalue weighted by atomic mass is 9.94. The van der Waals surface area contributed by atoms with Crippen LogP contribution in [0.4, 0.5) is 11.4 Å². The van der Waals surface area contributed by atoms with Crippen LogP contribution in [0.2, 0.25) is 0 Å². The SMILES string of the molecule is CCCCN(CCCC)C(=O)c1ccc(COC(=O)c2cc(NC)ccc2-c2ccc(NC)cc2C(=O)OCc2ccc(C(=O)N(CCCC)CCCC)cc2)cc1. The zero-order valence-electron chi connectivity index (χ0n) is 35.3. The molecular formula is C48H62N4O6. The van der Waals surface area contributed by atoms with Crippen LogP contribution in [0.5, 0.6) is 0 Å². The number of rotatable bonds is 23. The second-order valence-corrected chi connectivity index (χ2v) is 14.6. The minimum Gasteiger partial charge on any atom is -0.457 e. The maximum absolute atomic E-state index is 13.8. The van der Waals surface area contributed by atoms with Crippen molar-refractivity contribution in [3.05, 3.63) is 118 Å². The van der Waals surface area contributed by atoms with Crippen molar-refractivity contribution in [2.75, 3.05) is 50.9 Å². The van der Waals surface area contributed by atoms with E-state index in [0.717, 1.165) is 88.7 Å². The van der Waals surface area contributed by atoms with Crippen LogP contribution in [-0.2, 0) is 22.7 Å². The fourth-order valence-electron chi connectivity index (χ4n) is 6.54. The summed E-state index contributed by atoms with van der Waals surface area (Å²) in [6.45, 7) is 11.4. The van der Waals surface area contributed by atoms with E-state index in [2.05, 4.69) is 38.3 Å². The van der Waals surface area contributed by atoms with Crippen molar-refractivity contribution in [2.24, 2.45) is 0 Å². The van der Waals surface area contributed by atoms with Crippen molar-refractivity contribution < 1.29 is 28.7 Å². The fourth-order valence-corrected chi connectivity index (χ4v) is 6.54. The number of hydrogen-bond donors (Lipinski definition) is 2. The van der Waals surface area contributed by atoms with Gasteiger partial charge in [-0.3, -0.25) is 9.59 Å². The van der Waals surface area contributed by atoms with Gasteiger partial charge < -0.3 is 29.9 Å². The lowest BCUT2D eigenvalue weighted by molar-refractivity contribution is 0.0462. The first-order valence-corrected chi connectivity index (χ1v) is 20.9. The van der Waals surface area contributed by atoms with Gasteiger partial charge in [-0.1, -0.05) is 89.8 Å². The van der Waals surface area contributed by atoms with Crippen molar-refractivity contribution in [1.82, 2.24) is 9.80 Å². The molecule has 2 amide bonds. The van der Waals surface area contributed by atoms with E-state index in [1.54, 1.807) is 62.6 Å². The Morgan fingerprint density at radius 2 is 0.810 bits per heavy atom. The molecule has 0 aromatic heterocycles. The summed E-state index contributed by atoms with van der Waals surface area (Å²) >= 11 is 0. The lowest BCUT2D eigenvalue weighted by Gasteiger charge is -2.22. The first-order chi connectivity index (χ1) is 28.2. The summed E-state index contributed by atoms with van der Waals surface area (Å²) in [6, 6.07) is 25.1. The normalized spacial score (nSPS) is 10.8. The predicted octanol–water partition coefficient (Wildman–Crippen LogP) is 10.2. The van der Waals surface area contributed by atoms with Gasteiger partial charge in [-0.2, -0.15) is 0 Å². The van der Waals surface area contributed by atoms with Crippen molar-refractivity contribution >= 4 is 35.1 Å². The summed E-state index contributed by atoms with van der Waals surface area (Å²) < 4.78 is 11.7. The highest BCUT2D eigenvalue weighted by Gasteiger charge is 2.23. The number of nitrogens with one attached hydrogen (secondary N) is 2. The fraction of sp³-hybridized carbons (Fsp3) is 0.417. The quantitative estimate of drug-likeness (QED) is 0.0714. The number of ether oxygens (including phenoxy) is 2. The Hall–Kier alpha value is -5.64. The van der Waals surface area contributed by atoms with Gasteiger partial charge in [0.05, 0.1) is 11.1 Å². The van der Waals surface area contributed by atoms with E-state index >= 15 is 0 Å². The van der Waals surface area contributed by atoms with Gasteiger partial charge in [0.1, 0.15) is 13.2 Å². The highest BCUT2D eigenvalue weighted by molar-refractivity contribution is 6.04. The molecule has 0 heterocycles.